The average Bonchev–Trinajstić information content (AvgIpc) is 3.04. The SMILES string of the molecule is CN(C)CCCN(C(=O)c1ccc(F)cc1)c1nc2c(Cl)cccc2s1. The lowest BCUT2D eigenvalue weighted by molar-refractivity contribution is 0.0986. The first-order chi connectivity index (χ1) is 12.5. The number of hydrogen-bond acceptors (Lipinski definition) is 4. The molecule has 0 unspecified atom stereocenters. The molecule has 0 saturated heterocycles. The summed E-state index contributed by atoms with van der Waals surface area (Å²) in [6, 6.07) is 11.2. The molecule has 0 bridgehead atoms. The topological polar surface area (TPSA) is 36.4 Å². The van der Waals surface area contributed by atoms with Gasteiger partial charge in [-0.1, -0.05) is 29.0 Å². The molecule has 0 spiro atoms. The zero-order chi connectivity index (χ0) is 18.7. The molecule has 0 fully saturated rings. The number of aromatic nitrogens is 1. The molecule has 1 heterocycles. The minimum atomic E-state index is -0.368. The second-order valence-electron chi connectivity index (χ2n) is 6.20. The van der Waals surface area contributed by atoms with Gasteiger partial charge in [0.2, 0.25) is 0 Å². The number of nitrogens with zero attached hydrogens (tertiary/aromatic N) is 3. The van der Waals surface area contributed by atoms with E-state index < -0.39 is 0 Å². The van der Waals surface area contributed by atoms with Crippen LogP contribution < -0.4 is 4.90 Å². The molecule has 2 aromatic carbocycles. The summed E-state index contributed by atoms with van der Waals surface area (Å²) in [5.41, 5.74) is 1.13. The van der Waals surface area contributed by atoms with E-state index in [1.807, 2.05) is 26.2 Å². The number of halogens is 2. The fraction of sp³-hybridized carbons (Fsp3) is 0.263. The van der Waals surface area contributed by atoms with Crippen molar-refractivity contribution in [2.24, 2.45) is 0 Å². The molecule has 7 heteroatoms. The molecule has 136 valence electrons. The number of carbonyl (C=O) groups is 1. The van der Waals surface area contributed by atoms with Gasteiger partial charge in [0.15, 0.2) is 5.13 Å². The fourth-order valence-corrected chi connectivity index (χ4v) is 3.89. The van der Waals surface area contributed by atoms with Gasteiger partial charge in [0.1, 0.15) is 11.3 Å². The second-order valence-corrected chi connectivity index (χ2v) is 7.62. The molecule has 0 aliphatic rings. The number of anilines is 1. The van der Waals surface area contributed by atoms with Crippen molar-refractivity contribution in [2.45, 2.75) is 6.42 Å². The van der Waals surface area contributed by atoms with E-state index in [4.69, 9.17) is 11.6 Å². The Morgan fingerprint density at radius 3 is 2.54 bits per heavy atom. The quantitative estimate of drug-likeness (QED) is 0.611. The van der Waals surface area contributed by atoms with Crippen molar-refractivity contribution in [3.63, 3.8) is 0 Å². The highest BCUT2D eigenvalue weighted by atomic mass is 35.5. The van der Waals surface area contributed by atoms with Crippen LogP contribution in [0, 0.1) is 5.82 Å². The summed E-state index contributed by atoms with van der Waals surface area (Å²) in [6.45, 7) is 1.37. The third-order valence-electron chi connectivity index (χ3n) is 3.91. The fourth-order valence-electron chi connectivity index (χ4n) is 2.60. The Kier molecular flexibility index (Phi) is 5.86. The van der Waals surface area contributed by atoms with E-state index in [2.05, 4.69) is 9.88 Å². The Morgan fingerprint density at radius 2 is 1.88 bits per heavy atom. The highest BCUT2D eigenvalue weighted by molar-refractivity contribution is 7.22. The molecular formula is C19H19ClFN3OS. The van der Waals surface area contributed by atoms with E-state index in [1.165, 1.54) is 35.6 Å². The number of benzene rings is 2. The summed E-state index contributed by atoms with van der Waals surface area (Å²) in [5.74, 6) is -0.564. The summed E-state index contributed by atoms with van der Waals surface area (Å²) in [5, 5.41) is 1.16. The van der Waals surface area contributed by atoms with Crippen LogP contribution in [0.25, 0.3) is 10.2 Å². The monoisotopic (exact) mass is 391 g/mol. The molecule has 26 heavy (non-hydrogen) atoms. The van der Waals surface area contributed by atoms with Crippen LogP contribution in [0.4, 0.5) is 9.52 Å². The zero-order valence-electron chi connectivity index (χ0n) is 14.6. The van der Waals surface area contributed by atoms with E-state index >= 15 is 0 Å². The first-order valence-corrected chi connectivity index (χ1v) is 9.42. The molecule has 0 atom stereocenters. The van der Waals surface area contributed by atoms with Crippen molar-refractivity contribution < 1.29 is 9.18 Å². The number of fused-ring (bicyclic) bond motifs is 1. The van der Waals surface area contributed by atoms with Gasteiger partial charge in [0.05, 0.1) is 9.72 Å². The molecule has 0 radical (unpaired) electrons. The normalized spacial score (nSPS) is 11.3. The number of amides is 1. The second kappa shape index (κ2) is 8.12. The third-order valence-corrected chi connectivity index (χ3v) is 5.26. The predicted octanol–water partition coefficient (Wildman–Crippen LogP) is 4.69. The smallest absolute Gasteiger partial charge is 0.260 e. The van der Waals surface area contributed by atoms with Crippen LogP contribution in [0.2, 0.25) is 5.02 Å². The molecule has 3 aromatic rings. The van der Waals surface area contributed by atoms with Gasteiger partial charge in [0.25, 0.3) is 5.91 Å². The summed E-state index contributed by atoms with van der Waals surface area (Å²) in [6.07, 6.45) is 0.795. The molecule has 3 rings (SSSR count). The molecule has 0 aliphatic heterocycles. The van der Waals surface area contributed by atoms with Gasteiger partial charge in [-0.05, 0) is 63.5 Å². The van der Waals surface area contributed by atoms with Crippen LogP contribution in [0.1, 0.15) is 16.8 Å². The van der Waals surface area contributed by atoms with Crippen LogP contribution in [-0.4, -0.2) is 43.0 Å². The molecule has 4 nitrogen and oxygen atoms in total. The summed E-state index contributed by atoms with van der Waals surface area (Å²) >= 11 is 7.65. The molecule has 1 amide bonds. The molecule has 0 N–H and O–H groups in total. The maximum atomic E-state index is 13.2. The van der Waals surface area contributed by atoms with Gasteiger partial charge in [-0.25, -0.2) is 9.37 Å². The minimum absolute atomic E-state index is 0.195. The molecule has 1 aromatic heterocycles. The van der Waals surface area contributed by atoms with Gasteiger partial charge in [-0.15, -0.1) is 0 Å². The first-order valence-electron chi connectivity index (χ1n) is 8.23. The predicted molar refractivity (Wildman–Crippen MR) is 106 cm³/mol. The zero-order valence-corrected chi connectivity index (χ0v) is 16.1. The number of thiazole rings is 1. The lowest BCUT2D eigenvalue weighted by Gasteiger charge is -2.21. The van der Waals surface area contributed by atoms with Gasteiger partial charge >= 0.3 is 0 Å². The molecule has 0 saturated carbocycles. The van der Waals surface area contributed by atoms with E-state index in [-0.39, 0.29) is 11.7 Å². The average molecular weight is 392 g/mol. The maximum absolute atomic E-state index is 13.2. The van der Waals surface area contributed by atoms with Crippen LogP contribution in [-0.2, 0) is 0 Å². The van der Waals surface area contributed by atoms with Crippen molar-refractivity contribution in [2.75, 3.05) is 32.1 Å². The number of para-hydroxylation sites is 1. The Balaban J connectivity index is 1.94. The highest BCUT2D eigenvalue weighted by Gasteiger charge is 2.21. The number of hydrogen-bond donors (Lipinski definition) is 0. The first kappa shape index (κ1) is 18.8. The highest BCUT2D eigenvalue weighted by Crippen LogP contribution is 2.33. The third kappa shape index (κ3) is 4.20. The van der Waals surface area contributed by atoms with Crippen LogP contribution in [0.5, 0.6) is 0 Å². The lowest BCUT2D eigenvalue weighted by Crippen LogP contribution is -2.33. The van der Waals surface area contributed by atoms with Gasteiger partial charge in [0, 0.05) is 12.1 Å². The summed E-state index contributed by atoms with van der Waals surface area (Å²) in [4.78, 5) is 21.3. The molecular weight excluding hydrogens is 373 g/mol. The van der Waals surface area contributed by atoms with Crippen molar-refractivity contribution in [3.05, 3.63) is 58.9 Å². The van der Waals surface area contributed by atoms with Gasteiger partial charge in [-0.3, -0.25) is 9.69 Å². The van der Waals surface area contributed by atoms with Crippen molar-refractivity contribution in [3.8, 4) is 0 Å². The van der Waals surface area contributed by atoms with E-state index in [9.17, 15) is 9.18 Å². The Labute approximate surface area is 160 Å². The van der Waals surface area contributed by atoms with Crippen LogP contribution >= 0.6 is 22.9 Å². The molecule has 0 aliphatic carbocycles. The maximum Gasteiger partial charge on any atom is 0.260 e. The van der Waals surface area contributed by atoms with Crippen molar-refractivity contribution in [1.29, 1.82) is 0 Å². The van der Waals surface area contributed by atoms with E-state index in [0.29, 0.717) is 27.8 Å². The Morgan fingerprint density at radius 1 is 1.15 bits per heavy atom. The summed E-state index contributed by atoms with van der Waals surface area (Å²) < 4.78 is 14.1. The summed E-state index contributed by atoms with van der Waals surface area (Å²) in [7, 11) is 3.98. The largest absolute Gasteiger partial charge is 0.309 e. The van der Waals surface area contributed by atoms with Crippen LogP contribution in [0.15, 0.2) is 42.5 Å². The Hall–Kier alpha value is -2.02. The standard InChI is InChI=1S/C19H19ClFN3OS/c1-23(2)11-4-12-24(18(25)13-7-9-14(21)10-8-13)19-22-17-15(20)5-3-6-16(17)26-19/h3,5-10H,4,11-12H2,1-2H3. The van der Waals surface area contributed by atoms with Crippen molar-refractivity contribution >= 4 is 44.2 Å². The Bertz CT molecular complexity index is 911. The van der Waals surface area contributed by atoms with Crippen LogP contribution in [0.3, 0.4) is 0 Å². The van der Waals surface area contributed by atoms with E-state index in [1.54, 1.807) is 11.0 Å². The number of rotatable bonds is 6. The van der Waals surface area contributed by atoms with Gasteiger partial charge < -0.3 is 4.90 Å². The minimum Gasteiger partial charge on any atom is -0.309 e. The lowest BCUT2D eigenvalue weighted by atomic mass is 10.2. The number of carbonyl (C=O) groups excluding carboxylic acids is 1. The van der Waals surface area contributed by atoms with Crippen molar-refractivity contribution in [1.82, 2.24) is 9.88 Å². The van der Waals surface area contributed by atoms with Gasteiger partial charge in [-0.2, -0.15) is 0 Å². The van der Waals surface area contributed by atoms with E-state index in [0.717, 1.165) is 17.7 Å².